The summed E-state index contributed by atoms with van der Waals surface area (Å²) >= 11 is 1.15. The maximum absolute atomic E-state index is 12.5. The van der Waals surface area contributed by atoms with E-state index in [9.17, 15) is 14.4 Å². The fraction of sp³-hybridized carbons (Fsp3) is 0.500. The predicted molar refractivity (Wildman–Crippen MR) is 76.8 cm³/mol. The molecule has 116 valence electrons. The van der Waals surface area contributed by atoms with E-state index >= 15 is 0 Å². The van der Waals surface area contributed by atoms with Gasteiger partial charge >= 0.3 is 11.7 Å². The van der Waals surface area contributed by atoms with Gasteiger partial charge in [-0.3, -0.25) is 9.59 Å². The standard InChI is InChI=1S/C12H17N3O5S/c1-7-9(10(21-3)14-12(19)13-7)11(18)15(4-5-20-2)6-8(16)17/h4-6H2,1-3H3,(H,16,17)(H,13,14,19). The van der Waals surface area contributed by atoms with Crippen LogP contribution in [0.2, 0.25) is 0 Å². The first-order valence-electron chi connectivity index (χ1n) is 6.05. The van der Waals surface area contributed by atoms with Crippen LogP contribution < -0.4 is 5.69 Å². The molecule has 0 bridgehead atoms. The molecule has 9 heteroatoms. The monoisotopic (exact) mass is 315 g/mol. The fourth-order valence-electron chi connectivity index (χ4n) is 1.73. The van der Waals surface area contributed by atoms with Crippen LogP contribution in [0.15, 0.2) is 9.82 Å². The molecule has 1 aromatic heterocycles. The van der Waals surface area contributed by atoms with Crippen LogP contribution in [0, 0.1) is 6.92 Å². The summed E-state index contributed by atoms with van der Waals surface area (Å²) in [6, 6.07) is 0. The second-order valence-electron chi connectivity index (χ2n) is 4.16. The van der Waals surface area contributed by atoms with Crippen LogP contribution in [-0.2, 0) is 9.53 Å². The van der Waals surface area contributed by atoms with Crippen LogP contribution in [0.25, 0.3) is 0 Å². The Labute approximate surface area is 125 Å². The van der Waals surface area contributed by atoms with Gasteiger partial charge in [-0.15, -0.1) is 11.8 Å². The van der Waals surface area contributed by atoms with E-state index in [4.69, 9.17) is 9.84 Å². The molecule has 1 aromatic rings. The van der Waals surface area contributed by atoms with Crippen molar-refractivity contribution >= 4 is 23.6 Å². The number of carboxylic acid groups (broad SMARTS) is 1. The zero-order chi connectivity index (χ0) is 16.0. The molecule has 0 aliphatic rings. The maximum atomic E-state index is 12.5. The van der Waals surface area contributed by atoms with Crippen molar-refractivity contribution in [3.63, 3.8) is 0 Å². The molecule has 21 heavy (non-hydrogen) atoms. The van der Waals surface area contributed by atoms with E-state index in [1.807, 2.05) is 0 Å². The van der Waals surface area contributed by atoms with Gasteiger partial charge in [0, 0.05) is 19.3 Å². The molecule has 0 aliphatic heterocycles. The van der Waals surface area contributed by atoms with Gasteiger partial charge in [-0.2, -0.15) is 4.98 Å². The number of hydrogen-bond acceptors (Lipinski definition) is 6. The summed E-state index contributed by atoms with van der Waals surface area (Å²) in [5.74, 6) is -1.62. The average Bonchev–Trinajstić information content (AvgIpc) is 2.41. The highest BCUT2D eigenvalue weighted by atomic mass is 32.2. The smallest absolute Gasteiger partial charge is 0.346 e. The lowest BCUT2D eigenvalue weighted by molar-refractivity contribution is -0.137. The van der Waals surface area contributed by atoms with Crippen molar-refractivity contribution in [3.8, 4) is 0 Å². The number of rotatable bonds is 7. The van der Waals surface area contributed by atoms with Crippen LogP contribution in [0.5, 0.6) is 0 Å². The molecule has 1 rings (SSSR count). The van der Waals surface area contributed by atoms with E-state index in [1.54, 1.807) is 13.2 Å². The number of methoxy groups -OCH3 is 1. The Morgan fingerprint density at radius 2 is 2.14 bits per heavy atom. The molecule has 0 saturated carbocycles. The number of carbonyl (C=O) groups is 2. The minimum absolute atomic E-state index is 0.133. The number of carbonyl (C=O) groups excluding carboxylic acids is 1. The summed E-state index contributed by atoms with van der Waals surface area (Å²) in [6.07, 6.45) is 1.69. The molecule has 2 N–H and O–H groups in total. The first-order valence-corrected chi connectivity index (χ1v) is 7.28. The molecule has 0 aromatic carbocycles. The zero-order valence-corrected chi connectivity index (χ0v) is 12.8. The van der Waals surface area contributed by atoms with E-state index in [1.165, 1.54) is 7.11 Å². The minimum Gasteiger partial charge on any atom is -0.480 e. The summed E-state index contributed by atoms with van der Waals surface area (Å²) in [7, 11) is 1.46. The number of H-pyrrole nitrogens is 1. The molecule has 0 unspecified atom stereocenters. The average molecular weight is 315 g/mol. The molecule has 0 saturated heterocycles. The molecule has 0 spiro atoms. The molecule has 0 aliphatic carbocycles. The Kier molecular flexibility index (Phi) is 6.38. The number of nitrogens with zero attached hydrogens (tertiary/aromatic N) is 2. The van der Waals surface area contributed by atoms with Gasteiger partial charge in [0.25, 0.3) is 5.91 Å². The molecule has 8 nitrogen and oxygen atoms in total. The molecule has 1 heterocycles. The van der Waals surface area contributed by atoms with Crippen LogP contribution in [0.1, 0.15) is 16.1 Å². The summed E-state index contributed by atoms with van der Waals surface area (Å²) in [5, 5.41) is 9.18. The predicted octanol–water partition coefficient (Wildman–Crippen LogP) is -0.0266. The number of nitrogens with one attached hydrogen (secondary N) is 1. The van der Waals surface area contributed by atoms with Gasteiger partial charge in [-0.25, -0.2) is 4.79 Å². The number of aromatic amines is 1. The number of thioether (sulfide) groups is 1. The van der Waals surface area contributed by atoms with Crippen LogP contribution >= 0.6 is 11.8 Å². The van der Waals surface area contributed by atoms with Gasteiger partial charge < -0.3 is 19.7 Å². The van der Waals surface area contributed by atoms with Gasteiger partial charge in [0.2, 0.25) is 0 Å². The topological polar surface area (TPSA) is 113 Å². The van der Waals surface area contributed by atoms with Crippen LogP contribution in [0.3, 0.4) is 0 Å². The number of aromatic nitrogens is 2. The van der Waals surface area contributed by atoms with Gasteiger partial charge in [-0.1, -0.05) is 0 Å². The summed E-state index contributed by atoms with van der Waals surface area (Å²) in [4.78, 5) is 42.1. The minimum atomic E-state index is -1.12. The summed E-state index contributed by atoms with van der Waals surface area (Å²) in [5.41, 5.74) is 0.0201. The highest BCUT2D eigenvalue weighted by Gasteiger charge is 2.24. The second kappa shape index (κ2) is 7.79. The number of aliphatic carboxylic acids is 1. The van der Waals surface area contributed by atoms with Gasteiger partial charge in [-0.05, 0) is 13.2 Å². The quantitative estimate of drug-likeness (QED) is 0.537. The summed E-state index contributed by atoms with van der Waals surface area (Å²) < 4.78 is 4.88. The number of amides is 1. The molecule has 0 atom stereocenters. The first-order chi connectivity index (χ1) is 9.90. The SMILES string of the molecule is COCCN(CC(=O)O)C(=O)c1c(SC)nc(=O)[nH]c1C. The van der Waals surface area contributed by atoms with Crippen molar-refractivity contribution in [3.05, 3.63) is 21.7 Å². The van der Waals surface area contributed by atoms with Crippen molar-refractivity contribution in [1.29, 1.82) is 0 Å². The van der Waals surface area contributed by atoms with Crippen molar-refractivity contribution in [1.82, 2.24) is 14.9 Å². The third kappa shape index (κ3) is 4.57. The van der Waals surface area contributed by atoms with Gasteiger partial charge in [0.05, 0.1) is 12.2 Å². The van der Waals surface area contributed by atoms with Crippen LogP contribution in [-0.4, -0.2) is 64.9 Å². The molecular weight excluding hydrogens is 298 g/mol. The van der Waals surface area contributed by atoms with Gasteiger partial charge in [0.1, 0.15) is 11.6 Å². The van der Waals surface area contributed by atoms with E-state index in [0.29, 0.717) is 5.69 Å². The second-order valence-corrected chi connectivity index (χ2v) is 4.96. The Morgan fingerprint density at radius 1 is 1.48 bits per heavy atom. The first kappa shape index (κ1) is 17.2. The highest BCUT2D eigenvalue weighted by molar-refractivity contribution is 7.98. The van der Waals surface area contributed by atoms with E-state index in [0.717, 1.165) is 16.7 Å². The van der Waals surface area contributed by atoms with Crippen molar-refractivity contribution in [2.45, 2.75) is 11.9 Å². The molecule has 0 fully saturated rings. The number of ether oxygens (including phenoxy) is 1. The van der Waals surface area contributed by atoms with E-state index < -0.39 is 24.1 Å². The number of carboxylic acids is 1. The number of aryl methyl sites for hydroxylation is 1. The Hall–Kier alpha value is -1.87. The normalized spacial score (nSPS) is 10.4. The summed E-state index contributed by atoms with van der Waals surface area (Å²) in [6.45, 7) is 1.47. The van der Waals surface area contributed by atoms with Crippen LogP contribution in [0.4, 0.5) is 0 Å². The van der Waals surface area contributed by atoms with Crippen molar-refractivity contribution in [2.24, 2.45) is 0 Å². The molecule has 0 radical (unpaired) electrons. The largest absolute Gasteiger partial charge is 0.480 e. The zero-order valence-electron chi connectivity index (χ0n) is 12.0. The van der Waals surface area contributed by atoms with Crippen molar-refractivity contribution < 1.29 is 19.4 Å². The van der Waals surface area contributed by atoms with Gasteiger partial charge in [0.15, 0.2) is 0 Å². The number of hydrogen-bond donors (Lipinski definition) is 2. The van der Waals surface area contributed by atoms with E-state index in [2.05, 4.69) is 9.97 Å². The maximum Gasteiger partial charge on any atom is 0.346 e. The lowest BCUT2D eigenvalue weighted by Crippen LogP contribution is -2.39. The molecular formula is C12H17N3O5S. The van der Waals surface area contributed by atoms with E-state index in [-0.39, 0.29) is 23.7 Å². The third-order valence-corrected chi connectivity index (χ3v) is 3.35. The highest BCUT2D eigenvalue weighted by Crippen LogP contribution is 2.19. The Balaban J connectivity index is 3.19. The molecule has 1 amide bonds. The third-order valence-electron chi connectivity index (χ3n) is 2.67. The lowest BCUT2D eigenvalue weighted by atomic mass is 10.2. The Bertz CT molecular complexity index is 587. The van der Waals surface area contributed by atoms with Crippen molar-refractivity contribution in [2.75, 3.05) is 33.1 Å². The fourth-order valence-corrected chi connectivity index (χ4v) is 2.35. The Morgan fingerprint density at radius 3 is 2.67 bits per heavy atom. The lowest BCUT2D eigenvalue weighted by Gasteiger charge is -2.21.